The van der Waals surface area contributed by atoms with Crippen molar-refractivity contribution in [2.75, 3.05) is 26.7 Å². The van der Waals surface area contributed by atoms with E-state index >= 15 is 0 Å². The van der Waals surface area contributed by atoms with Crippen LogP contribution in [-0.4, -0.2) is 83.5 Å². The first-order valence-electron chi connectivity index (χ1n) is 7.76. The van der Waals surface area contributed by atoms with Gasteiger partial charge < -0.3 is 26.6 Å². The Morgan fingerprint density at radius 1 is 1.50 bits per heavy atom. The highest BCUT2D eigenvalue weighted by Crippen LogP contribution is 2.32. The monoisotopic (exact) mass is 366 g/mol. The molecule has 7 N–H and O–H groups in total. The highest BCUT2D eigenvalue weighted by molar-refractivity contribution is 7.86. The average Bonchev–Trinajstić information content (AvgIpc) is 2.77. The molecule has 1 fully saturated rings. The summed E-state index contributed by atoms with van der Waals surface area (Å²) in [5.41, 5.74) is 9.89. The molecule has 10 nitrogen and oxygen atoms in total. The van der Waals surface area contributed by atoms with Gasteiger partial charge in [0, 0.05) is 38.6 Å². The number of rotatable bonds is 9. The van der Waals surface area contributed by atoms with Crippen LogP contribution in [0.2, 0.25) is 6.32 Å². The molecule has 0 bridgehead atoms. The number of carboxylic acid groups (broad SMARTS) is 1. The number of likely N-dealkylation sites (N-methyl/N-ethyl adjacent to an activating group) is 1. The van der Waals surface area contributed by atoms with Gasteiger partial charge in [0.1, 0.15) is 5.54 Å². The molecule has 24 heavy (non-hydrogen) atoms. The number of hydrogen-bond acceptors (Lipinski definition) is 7. The molecular weight excluding hydrogens is 339 g/mol. The van der Waals surface area contributed by atoms with Crippen molar-refractivity contribution in [3.05, 3.63) is 0 Å². The minimum absolute atomic E-state index is 0.0318. The summed E-state index contributed by atoms with van der Waals surface area (Å²) in [5, 5.41) is 27.2. The molecule has 1 aliphatic heterocycles. The predicted octanol–water partition coefficient (Wildman–Crippen LogP) is -2.52. The SMILES string of the molecule is CC(N)CN(C)S(=O)(=O)N1C[C@H](CCCB(O)O)[C@](N)(C(=O)O)C1. The van der Waals surface area contributed by atoms with Gasteiger partial charge in [0.25, 0.3) is 10.2 Å². The number of nitrogens with two attached hydrogens (primary N) is 2. The van der Waals surface area contributed by atoms with Crippen molar-refractivity contribution >= 4 is 23.3 Å². The summed E-state index contributed by atoms with van der Waals surface area (Å²) in [6.07, 6.45) is 0.686. The second-order valence-corrected chi connectivity index (χ2v) is 8.55. The summed E-state index contributed by atoms with van der Waals surface area (Å²) < 4.78 is 27.3. The predicted molar refractivity (Wildman–Crippen MR) is 89.0 cm³/mol. The lowest BCUT2D eigenvalue weighted by molar-refractivity contribution is -0.144. The topological polar surface area (TPSA) is 170 Å². The Hall–Kier alpha value is -0.755. The van der Waals surface area contributed by atoms with Gasteiger partial charge in [-0.15, -0.1) is 0 Å². The fourth-order valence-electron chi connectivity index (χ4n) is 2.90. The third-order valence-corrected chi connectivity index (χ3v) is 6.14. The lowest BCUT2D eigenvalue weighted by atomic mass is 9.78. The summed E-state index contributed by atoms with van der Waals surface area (Å²) in [6.45, 7) is 1.41. The highest BCUT2D eigenvalue weighted by Gasteiger charge is 2.52. The van der Waals surface area contributed by atoms with Crippen LogP contribution in [0.25, 0.3) is 0 Å². The molecular formula is C12H27BN4O6S. The van der Waals surface area contributed by atoms with Gasteiger partial charge in [-0.05, 0) is 19.7 Å². The molecule has 1 unspecified atom stereocenters. The van der Waals surface area contributed by atoms with Crippen LogP contribution >= 0.6 is 0 Å². The first kappa shape index (κ1) is 21.3. The van der Waals surface area contributed by atoms with E-state index in [9.17, 15) is 18.3 Å². The molecule has 1 heterocycles. The van der Waals surface area contributed by atoms with Crippen molar-refractivity contribution in [3.63, 3.8) is 0 Å². The Labute approximate surface area is 142 Å². The number of carbonyl (C=O) groups is 1. The van der Waals surface area contributed by atoms with Crippen molar-refractivity contribution in [2.24, 2.45) is 17.4 Å². The normalized spacial score (nSPS) is 26.7. The van der Waals surface area contributed by atoms with Crippen LogP contribution in [0.4, 0.5) is 0 Å². The largest absolute Gasteiger partial charge is 0.480 e. The van der Waals surface area contributed by atoms with Gasteiger partial charge in [-0.3, -0.25) is 4.79 Å². The van der Waals surface area contributed by atoms with Crippen LogP contribution in [0.1, 0.15) is 19.8 Å². The van der Waals surface area contributed by atoms with Gasteiger partial charge in [-0.25, -0.2) is 0 Å². The van der Waals surface area contributed by atoms with E-state index in [1.54, 1.807) is 6.92 Å². The maximum absolute atomic E-state index is 12.6. The second kappa shape index (κ2) is 8.08. The van der Waals surface area contributed by atoms with Crippen molar-refractivity contribution < 1.29 is 28.4 Å². The second-order valence-electron chi connectivity index (χ2n) is 6.51. The minimum Gasteiger partial charge on any atom is -0.480 e. The van der Waals surface area contributed by atoms with Crippen molar-refractivity contribution in [3.8, 4) is 0 Å². The maximum Gasteiger partial charge on any atom is 0.451 e. The maximum atomic E-state index is 12.6. The average molecular weight is 366 g/mol. The number of carboxylic acids is 1. The van der Waals surface area contributed by atoms with Crippen LogP contribution in [0, 0.1) is 5.92 Å². The molecule has 0 spiro atoms. The van der Waals surface area contributed by atoms with E-state index in [0.717, 1.165) is 8.61 Å². The Morgan fingerprint density at radius 2 is 2.08 bits per heavy atom. The molecule has 3 atom stereocenters. The molecule has 1 aliphatic rings. The van der Waals surface area contributed by atoms with Crippen LogP contribution < -0.4 is 11.5 Å². The quantitative estimate of drug-likeness (QED) is 0.278. The molecule has 1 saturated heterocycles. The van der Waals surface area contributed by atoms with Gasteiger partial charge in [0.05, 0.1) is 0 Å². The standard InChI is InChI=1S/C12H27BN4O6S/c1-9(14)6-16(2)24(22,23)17-7-10(4-3-5-13(20)21)12(15,8-17)11(18)19/h9-10,20-21H,3-8,14-15H2,1-2H3,(H,18,19)/t9?,10-,12-/m0/s1. The van der Waals surface area contributed by atoms with Crippen LogP contribution in [0.3, 0.4) is 0 Å². The van der Waals surface area contributed by atoms with E-state index in [4.69, 9.17) is 21.5 Å². The van der Waals surface area contributed by atoms with Crippen LogP contribution in [0.5, 0.6) is 0 Å². The van der Waals surface area contributed by atoms with Gasteiger partial charge in [-0.1, -0.05) is 6.42 Å². The zero-order valence-corrected chi connectivity index (χ0v) is 14.8. The van der Waals surface area contributed by atoms with E-state index in [1.165, 1.54) is 7.05 Å². The number of nitrogens with zero attached hydrogens (tertiary/aromatic N) is 2. The highest BCUT2D eigenvalue weighted by atomic mass is 32.2. The smallest absolute Gasteiger partial charge is 0.451 e. The zero-order valence-electron chi connectivity index (χ0n) is 14.0. The molecule has 0 radical (unpaired) electrons. The summed E-state index contributed by atoms with van der Waals surface area (Å²) in [5.74, 6) is -1.89. The van der Waals surface area contributed by atoms with Crippen molar-refractivity contribution in [2.45, 2.75) is 37.7 Å². The van der Waals surface area contributed by atoms with Crippen LogP contribution in [0.15, 0.2) is 0 Å². The zero-order chi connectivity index (χ0) is 18.7. The number of aliphatic carboxylic acids is 1. The molecule has 0 aromatic carbocycles. The molecule has 1 rings (SSSR count). The molecule has 12 heteroatoms. The minimum atomic E-state index is -3.87. The number of hydrogen-bond donors (Lipinski definition) is 5. The molecule has 0 amide bonds. The van der Waals surface area contributed by atoms with Crippen molar-refractivity contribution in [1.82, 2.24) is 8.61 Å². The van der Waals surface area contributed by atoms with E-state index in [0.29, 0.717) is 6.42 Å². The van der Waals surface area contributed by atoms with Gasteiger partial charge in [0.2, 0.25) is 0 Å². The van der Waals surface area contributed by atoms with E-state index in [1.807, 2.05) is 0 Å². The fourth-order valence-corrected chi connectivity index (χ4v) is 4.47. The summed E-state index contributed by atoms with van der Waals surface area (Å²) in [6, 6.07) is -0.365. The van der Waals surface area contributed by atoms with E-state index in [-0.39, 0.29) is 38.4 Å². The van der Waals surface area contributed by atoms with E-state index < -0.39 is 34.8 Å². The first-order chi connectivity index (χ1) is 10.9. The lowest BCUT2D eigenvalue weighted by Crippen LogP contribution is -2.55. The molecule has 0 aromatic rings. The van der Waals surface area contributed by atoms with Gasteiger partial charge >= 0.3 is 13.1 Å². The molecule has 0 aromatic heterocycles. The third kappa shape index (κ3) is 4.88. The fraction of sp³-hybridized carbons (Fsp3) is 0.917. The Kier molecular flexibility index (Phi) is 7.17. The summed E-state index contributed by atoms with van der Waals surface area (Å²) >= 11 is 0. The summed E-state index contributed by atoms with van der Waals surface area (Å²) in [7, 11) is -3.97. The summed E-state index contributed by atoms with van der Waals surface area (Å²) in [4.78, 5) is 11.6. The first-order valence-corrected chi connectivity index (χ1v) is 9.16. The Bertz CT molecular complexity index is 546. The Morgan fingerprint density at radius 3 is 2.54 bits per heavy atom. The molecule has 0 aliphatic carbocycles. The van der Waals surface area contributed by atoms with Crippen LogP contribution in [-0.2, 0) is 15.0 Å². The molecule has 140 valence electrons. The van der Waals surface area contributed by atoms with Gasteiger partial charge in [-0.2, -0.15) is 17.0 Å². The third-order valence-electron chi connectivity index (χ3n) is 4.27. The lowest BCUT2D eigenvalue weighted by Gasteiger charge is -2.26. The van der Waals surface area contributed by atoms with Crippen molar-refractivity contribution in [1.29, 1.82) is 0 Å². The van der Waals surface area contributed by atoms with E-state index in [2.05, 4.69) is 0 Å². The Balaban J connectivity index is 2.91. The van der Waals surface area contributed by atoms with Gasteiger partial charge in [0.15, 0.2) is 0 Å². The molecule has 0 saturated carbocycles.